The van der Waals surface area contributed by atoms with E-state index in [1.54, 1.807) is 0 Å². The lowest BCUT2D eigenvalue weighted by Gasteiger charge is -2.14. The number of rotatable bonds is 2. The van der Waals surface area contributed by atoms with E-state index >= 15 is 0 Å². The van der Waals surface area contributed by atoms with Gasteiger partial charge in [0.2, 0.25) is 5.49 Å². The smallest absolute Gasteiger partial charge is 0.230 e. The third-order valence-electron chi connectivity index (χ3n) is 5.79. The highest BCUT2D eigenvalue weighted by Crippen LogP contribution is 2.37. The number of nitrogens with zero attached hydrogens (tertiary/aromatic N) is 2. The fraction of sp³-hybridized carbons (Fsp3) is 0.269. The van der Waals surface area contributed by atoms with Crippen LogP contribution in [0, 0.1) is 13.1 Å². The standard InChI is InChI=1S/C26H28N2/c1-7-18(4)24-16-28(25-19(5)9-8-10-23(24)25)26-22-12-11-20(17(2)3)15-21(22)13-14-27(26)6/h7-15,17H,1-6H3. The Labute approximate surface area is 167 Å². The molecular formula is C26H28N2. The van der Waals surface area contributed by atoms with Crippen LogP contribution in [0.15, 0.2) is 60.3 Å². The van der Waals surface area contributed by atoms with Gasteiger partial charge >= 0.3 is 0 Å². The predicted octanol–water partition coefficient (Wildman–Crippen LogP) is 5.84. The van der Waals surface area contributed by atoms with Crippen molar-refractivity contribution in [2.24, 2.45) is 7.05 Å². The van der Waals surface area contributed by atoms with Gasteiger partial charge in [0.15, 0.2) is 0 Å². The van der Waals surface area contributed by atoms with Gasteiger partial charge in [-0.2, -0.15) is 0 Å². The predicted molar refractivity (Wildman–Crippen MR) is 119 cm³/mol. The summed E-state index contributed by atoms with van der Waals surface area (Å²) in [5.41, 5.74) is 8.70. The van der Waals surface area contributed by atoms with Gasteiger partial charge in [0.1, 0.15) is 0 Å². The van der Waals surface area contributed by atoms with Crippen molar-refractivity contribution >= 4 is 22.0 Å². The van der Waals surface area contributed by atoms with Crippen molar-refractivity contribution in [2.45, 2.75) is 40.5 Å². The van der Waals surface area contributed by atoms with Crippen LogP contribution in [0.25, 0.3) is 16.3 Å². The number of pyridine rings is 1. The second-order valence-corrected chi connectivity index (χ2v) is 8.02. The Hall–Kier alpha value is -2.87. The van der Waals surface area contributed by atoms with E-state index in [2.05, 4.69) is 112 Å². The molecule has 4 rings (SSSR count). The maximum absolute atomic E-state index is 3.70. The van der Waals surface area contributed by atoms with Gasteiger partial charge in [0.25, 0.3) is 0 Å². The summed E-state index contributed by atoms with van der Waals surface area (Å²) >= 11 is 0. The average Bonchev–Trinajstić information content (AvgIpc) is 3.07. The zero-order valence-corrected chi connectivity index (χ0v) is 17.7. The minimum absolute atomic E-state index is 0.520. The van der Waals surface area contributed by atoms with E-state index < -0.39 is 0 Å². The number of hydrogen-bond donors (Lipinski definition) is 0. The number of hydrogen-bond acceptors (Lipinski definition) is 0. The first-order chi connectivity index (χ1) is 13.4. The number of allylic oxidation sites excluding steroid dienone is 3. The van der Waals surface area contributed by atoms with Crippen LogP contribution in [0.3, 0.4) is 0 Å². The Balaban J connectivity index is 2.17. The van der Waals surface area contributed by atoms with Gasteiger partial charge < -0.3 is 0 Å². The number of aromatic nitrogens is 1. The van der Waals surface area contributed by atoms with E-state index in [0.29, 0.717) is 5.92 Å². The van der Waals surface area contributed by atoms with Gasteiger partial charge in [-0.15, -0.1) is 11.6 Å². The van der Waals surface area contributed by atoms with Crippen LogP contribution in [-0.2, 0) is 7.05 Å². The SMILES string of the molecule is CC=C(C)C1=[C-][N+](=c2c3ccc(C(C)C)cc3ccn2C)c2c(C)cccc21. The molecule has 28 heavy (non-hydrogen) atoms. The van der Waals surface area contributed by atoms with E-state index in [4.69, 9.17) is 0 Å². The maximum atomic E-state index is 3.70. The Bertz CT molecular complexity index is 1220. The number of aryl methyl sites for hydroxylation is 2. The van der Waals surface area contributed by atoms with E-state index in [9.17, 15) is 0 Å². The average molecular weight is 369 g/mol. The third kappa shape index (κ3) is 2.84. The van der Waals surface area contributed by atoms with Gasteiger partial charge in [-0.3, -0.25) is 9.14 Å². The number of benzene rings is 2. The first-order valence-electron chi connectivity index (χ1n) is 10.0. The summed E-state index contributed by atoms with van der Waals surface area (Å²) in [7, 11) is 2.12. The maximum Gasteiger partial charge on any atom is 0.230 e. The minimum atomic E-state index is 0.520. The summed E-state index contributed by atoms with van der Waals surface area (Å²) in [6, 6.07) is 15.6. The molecule has 1 aromatic heterocycles. The summed E-state index contributed by atoms with van der Waals surface area (Å²) in [4.78, 5) is 0. The molecule has 2 heteroatoms. The quantitative estimate of drug-likeness (QED) is 0.397. The third-order valence-corrected chi connectivity index (χ3v) is 5.79. The van der Waals surface area contributed by atoms with E-state index in [1.807, 2.05) is 0 Å². The Kier molecular flexibility index (Phi) is 4.58. The molecule has 2 heterocycles. The fourth-order valence-electron chi connectivity index (χ4n) is 4.00. The normalized spacial score (nSPS) is 16.0. The van der Waals surface area contributed by atoms with Crippen LogP contribution < -0.4 is 10.1 Å². The molecule has 0 aliphatic carbocycles. The molecule has 0 unspecified atom stereocenters. The summed E-state index contributed by atoms with van der Waals surface area (Å²) < 4.78 is 4.46. The van der Waals surface area contributed by atoms with Crippen molar-refractivity contribution in [3.63, 3.8) is 0 Å². The van der Waals surface area contributed by atoms with Gasteiger partial charge in [-0.05, 0) is 35.4 Å². The van der Waals surface area contributed by atoms with Crippen molar-refractivity contribution in [2.75, 3.05) is 0 Å². The Morgan fingerprint density at radius 2 is 1.93 bits per heavy atom. The van der Waals surface area contributed by atoms with Gasteiger partial charge in [-0.1, -0.05) is 75.2 Å². The molecule has 0 fully saturated rings. The molecule has 3 aromatic rings. The lowest BCUT2D eigenvalue weighted by molar-refractivity contribution is 0.771. The highest BCUT2D eigenvalue weighted by molar-refractivity contribution is 5.89. The van der Waals surface area contributed by atoms with E-state index in [-0.39, 0.29) is 0 Å². The summed E-state index contributed by atoms with van der Waals surface area (Å²) in [6.45, 7) is 10.9. The van der Waals surface area contributed by atoms with Crippen molar-refractivity contribution in [1.82, 2.24) is 9.14 Å². The van der Waals surface area contributed by atoms with Crippen LogP contribution in [0.5, 0.6) is 0 Å². The molecule has 0 saturated heterocycles. The summed E-state index contributed by atoms with van der Waals surface area (Å²) in [6.07, 6.45) is 8.01. The highest BCUT2D eigenvalue weighted by Gasteiger charge is 2.19. The van der Waals surface area contributed by atoms with Crippen LogP contribution >= 0.6 is 0 Å². The second-order valence-electron chi connectivity index (χ2n) is 8.02. The molecule has 0 saturated carbocycles. The van der Waals surface area contributed by atoms with Crippen LogP contribution in [0.2, 0.25) is 0 Å². The molecule has 0 atom stereocenters. The lowest BCUT2D eigenvalue weighted by Crippen LogP contribution is -2.30. The molecule has 0 amide bonds. The second kappa shape index (κ2) is 6.94. The van der Waals surface area contributed by atoms with Gasteiger partial charge in [0, 0.05) is 11.1 Å². The zero-order chi connectivity index (χ0) is 20.0. The first-order valence-corrected chi connectivity index (χ1v) is 10.0. The summed E-state index contributed by atoms with van der Waals surface area (Å²) in [5.74, 6) is 0.520. The molecule has 0 bridgehead atoms. The van der Waals surface area contributed by atoms with Crippen molar-refractivity contribution in [1.29, 1.82) is 0 Å². The largest absolute Gasteiger partial charge is 0.297 e. The zero-order valence-electron chi connectivity index (χ0n) is 17.7. The van der Waals surface area contributed by atoms with Gasteiger partial charge in [0.05, 0.1) is 19.4 Å². The number of fused-ring (bicyclic) bond motifs is 2. The Morgan fingerprint density at radius 3 is 2.64 bits per heavy atom. The van der Waals surface area contributed by atoms with Crippen LogP contribution in [0.4, 0.5) is 5.69 Å². The summed E-state index contributed by atoms with van der Waals surface area (Å²) in [5, 5.41) is 2.52. The minimum Gasteiger partial charge on any atom is -0.297 e. The van der Waals surface area contributed by atoms with Crippen LogP contribution in [0.1, 0.15) is 50.3 Å². The molecule has 1 aliphatic rings. The topological polar surface area (TPSA) is 7.94 Å². The number of para-hydroxylation sites is 1. The Morgan fingerprint density at radius 1 is 1.14 bits per heavy atom. The molecule has 2 aromatic carbocycles. The molecule has 1 aliphatic heterocycles. The lowest BCUT2D eigenvalue weighted by atomic mass is 9.99. The van der Waals surface area contributed by atoms with Crippen molar-refractivity contribution < 1.29 is 0 Å². The van der Waals surface area contributed by atoms with Crippen molar-refractivity contribution in [3.8, 4) is 0 Å². The van der Waals surface area contributed by atoms with E-state index in [0.717, 1.165) is 5.49 Å². The molecule has 2 nitrogen and oxygen atoms in total. The molecule has 0 spiro atoms. The van der Waals surface area contributed by atoms with E-state index in [1.165, 1.54) is 44.3 Å². The molecule has 0 N–H and O–H groups in total. The molecular weight excluding hydrogens is 340 g/mol. The van der Waals surface area contributed by atoms with Gasteiger partial charge in [-0.25, -0.2) is 0 Å². The monoisotopic (exact) mass is 368 g/mol. The van der Waals surface area contributed by atoms with Crippen LogP contribution in [-0.4, -0.2) is 4.57 Å². The molecule has 142 valence electrons. The van der Waals surface area contributed by atoms with Crippen molar-refractivity contribution in [3.05, 3.63) is 88.7 Å². The molecule has 0 radical (unpaired) electrons. The fourth-order valence-corrected chi connectivity index (χ4v) is 4.00. The highest BCUT2D eigenvalue weighted by atomic mass is 15.1. The first kappa shape index (κ1) is 18.5.